The minimum absolute atomic E-state index is 0.0205. The van der Waals surface area contributed by atoms with E-state index < -0.39 is 12.0 Å². The molecular weight excluding hydrogens is 372 g/mol. The highest BCUT2D eigenvalue weighted by Crippen LogP contribution is 2.22. The number of ether oxygens (including phenoxy) is 1. The predicted octanol–water partition coefficient (Wildman–Crippen LogP) is 2.04. The molecule has 0 spiro atoms. The molecule has 1 fully saturated rings. The maximum absolute atomic E-state index is 12.8. The van der Waals surface area contributed by atoms with Crippen molar-refractivity contribution >= 4 is 17.8 Å². The van der Waals surface area contributed by atoms with Gasteiger partial charge in [0.25, 0.3) is 5.91 Å². The van der Waals surface area contributed by atoms with Crippen LogP contribution < -0.4 is 5.32 Å². The van der Waals surface area contributed by atoms with Gasteiger partial charge in [-0.05, 0) is 38.8 Å². The Morgan fingerprint density at radius 2 is 2.00 bits per heavy atom. The molecule has 0 aliphatic carbocycles. The van der Waals surface area contributed by atoms with Crippen LogP contribution in [0, 0.1) is 0 Å². The summed E-state index contributed by atoms with van der Waals surface area (Å²) in [7, 11) is 0. The third-order valence-electron chi connectivity index (χ3n) is 4.95. The lowest BCUT2D eigenvalue weighted by molar-refractivity contribution is -0.134. The number of amides is 2. The number of carbonyl (C=O) groups is 3. The molecule has 0 saturated carbocycles. The van der Waals surface area contributed by atoms with Gasteiger partial charge in [-0.15, -0.1) is 0 Å². The third-order valence-corrected chi connectivity index (χ3v) is 4.95. The number of benzene rings is 1. The maximum Gasteiger partial charge on any atom is 0.341 e. The van der Waals surface area contributed by atoms with E-state index >= 15 is 0 Å². The van der Waals surface area contributed by atoms with Gasteiger partial charge in [-0.25, -0.2) is 4.79 Å². The van der Waals surface area contributed by atoms with E-state index in [1.54, 1.807) is 53.9 Å². The molecule has 8 nitrogen and oxygen atoms in total. The molecule has 154 valence electrons. The van der Waals surface area contributed by atoms with E-state index in [1.807, 2.05) is 6.07 Å². The zero-order valence-electron chi connectivity index (χ0n) is 16.7. The monoisotopic (exact) mass is 398 g/mol. The van der Waals surface area contributed by atoms with Crippen LogP contribution in [0.3, 0.4) is 0 Å². The van der Waals surface area contributed by atoms with Crippen LogP contribution in [0.15, 0.2) is 42.7 Å². The van der Waals surface area contributed by atoms with Crippen molar-refractivity contribution in [3.63, 3.8) is 0 Å². The lowest BCUT2D eigenvalue weighted by Gasteiger charge is -2.34. The van der Waals surface area contributed by atoms with E-state index in [0.29, 0.717) is 30.8 Å². The molecule has 0 bridgehead atoms. The minimum atomic E-state index is -0.630. The Bertz CT molecular complexity index is 865. The van der Waals surface area contributed by atoms with Crippen LogP contribution in [0.5, 0.6) is 0 Å². The van der Waals surface area contributed by atoms with Crippen LogP contribution in [0.1, 0.15) is 53.4 Å². The molecule has 2 heterocycles. The van der Waals surface area contributed by atoms with Gasteiger partial charge in [0.05, 0.1) is 24.4 Å². The van der Waals surface area contributed by atoms with Crippen LogP contribution in [0.25, 0.3) is 0 Å². The van der Waals surface area contributed by atoms with Crippen LogP contribution >= 0.6 is 0 Å². The first-order valence-electron chi connectivity index (χ1n) is 9.85. The van der Waals surface area contributed by atoms with Crippen LogP contribution in [-0.2, 0) is 9.53 Å². The Kier molecular flexibility index (Phi) is 6.64. The Labute approximate surface area is 169 Å². The molecule has 0 radical (unpaired) electrons. The van der Waals surface area contributed by atoms with Crippen LogP contribution in [-0.4, -0.2) is 58.2 Å². The molecule has 3 rings (SSSR count). The number of aromatic nitrogens is 2. The highest BCUT2D eigenvalue weighted by Gasteiger charge is 2.29. The first kappa shape index (κ1) is 20.6. The van der Waals surface area contributed by atoms with Crippen molar-refractivity contribution in [1.82, 2.24) is 20.0 Å². The number of rotatable bonds is 6. The van der Waals surface area contributed by atoms with Crippen molar-refractivity contribution < 1.29 is 19.1 Å². The van der Waals surface area contributed by atoms with E-state index in [0.717, 1.165) is 12.8 Å². The highest BCUT2D eigenvalue weighted by molar-refractivity contribution is 5.97. The van der Waals surface area contributed by atoms with Gasteiger partial charge in [-0.1, -0.05) is 18.2 Å². The number of nitrogens with zero attached hydrogens (tertiary/aromatic N) is 3. The summed E-state index contributed by atoms with van der Waals surface area (Å²) >= 11 is 0. The average molecular weight is 398 g/mol. The zero-order chi connectivity index (χ0) is 20.8. The average Bonchev–Trinajstić information content (AvgIpc) is 3.24. The van der Waals surface area contributed by atoms with Gasteiger partial charge in [0, 0.05) is 24.8 Å². The molecule has 1 N–H and O–H groups in total. The lowest BCUT2D eigenvalue weighted by atomic mass is 10.0. The molecule has 2 atom stereocenters. The molecule has 8 heteroatoms. The van der Waals surface area contributed by atoms with E-state index in [4.69, 9.17) is 4.74 Å². The number of likely N-dealkylation sites (tertiary alicyclic amines) is 1. The second kappa shape index (κ2) is 9.36. The maximum atomic E-state index is 12.8. The topological polar surface area (TPSA) is 93.5 Å². The first-order chi connectivity index (χ1) is 14.0. The Balaban J connectivity index is 1.60. The van der Waals surface area contributed by atoms with E-state index in [-0.39, 0.29) is 17.9 Å². The molecule has 2 amide bonds. The van der Waals surface area contributed by atoms with Gasteiger partial charge in [0.2, 0.25) is 5.91 Å². The number of piperidine rings is 1. The standard InChI is InChI=1S/C21H26N4O4/c1-3-29-21(28)17-12-22-25(13-17)18-10-7-11-24(14-18)20(27)15(2)23-19(26)16-8-5-4-6-9-16/h4-6,8-9,12-13,15,18H,3,7,10-11,14H2,1-2H3,(H,23,26)/t15-,18-/m1/s1. The van der Waals surface area contributed by atoms with Gasteiger partial charge >= 0.3 is 5.97 Å². The molecule has 1 aliphatic heterocycles. The molecule has 0 unspecified atom stereocenters. The summed E-state index contributed by atoms with van der Waals surface area (Å²) in [6.07, 6.45) is 4.83. The van der Waals surface area contributed by atoms with E-state index in [9.17, 15) is 14.4 Å². The highest BCUT2D eigenvalue weighted by atomic mass is 16.5. The largest absolute Gasteiger partial charge is 0.462 e. The van der Waals surface area contributed by atoms with Gasteiger partial charge < -0.3 is 15.0 Å². The van der Waals surface area contributed by atoms with Crippen molar-refractivity contribution in [1.29, 1.82) is 0 Å². The smallest absolute Gasteiger partial charge is 0.341 e. The molecule has 1 aliphatic rings. The molecular formula is C21H26N4O4. The number of nitrogens with one attached hydrogen (secondary N) is 1. The number of esters is 1. The zero-order valence-corrected chi connectivity index (χ0v) is 16.7. The fourth-order valence-corrected chi connectivity index (χ4v) is 3.43. The van der Waals surface area contributed by atoms with Crippen molar-refractivity contribution in [2.75, 3.05) is 19.7 Å². The van der Waals surface area contributed by atoms with Gasteiger partial charge in [-0.3, -0.25) is 14.3 Å². The summed E-state index contributed by atoms with van der Waals surface area (Å²) in [5.41, 5.74) is 0.922. The number of hydrogen-bond acceptors (Lipinski definition) is 5. The second-order valence-corrected chi connectivity index (χ2v) is 7.07. The lowest BCUT2D eigenvalue weighted by Crippen LogP contribution is -2.50. The summed E-state index contributed by atoms with van der Waals surface area (Å²) in [6.45, 7) is 4.87. The molecule has 1 aromatic heterocycles. The van der Waals surface area contributed by atoms with Crippen LogP contribution in [0.4, 0.5) is 0 Å². The summed E-state index contributed by atoms with van der Waals surface area (Å²) in [5, 5.41) is 7.05. The predicted molar refractivity (Wildman–Crippen MR) is 106 cm³/mol. The summed E-state index contributed by atoms with van der Waals surface area (Å²) in [4.78, 5) is 38.7. The summed E-state index contributed by atoms with van der Waals surface area (Å²) in [5.74, 6) is -0.803. The fourth-order valence-electron chi connectivity index (χ4n) is 3.43. The van der Waals surface area contributed by atoms with Gasteiger partial charge in [-0.2, -0.15) is 5.10 Å². The third kappa shape index (κ3) is 5.01. The first-order valence-corrected chi connectivity index (χ1v) is 9.85. The Morgan fingerprint density at radius 1 is 1.24 bits per heavy atom. The molecule has 29 heavy (non-hydrogen) atoms. The fraction of sp³-hybridized carbons (Fsp3) is 0.429. The molecule has 2 aromatic rings. The molecule has 1 aromatic carbocycles. The molecule has 1 saturated heterocycles. The van der Waals surface area contributed by atoms with Gasteiger partial charge in [0.1, 0.15) is 6.04 Å². The van der Waals surface area contributed by atoms with Crippen molar-refractivity contribution in [3.8, 4) is 0 Å². The van der Waals surface area contributed by atoms with E-state index in [2.05, 4.69) is 10.4 Å². The number of carbonyl (C=O) groups excluding carboxylic acids is 3. The van der Waals surface area contributed by atoms with Crippen molar-refractivity contribution in [2.24, 2.45) is 0 Å². The van der Waals surface area contributed by atoms with Crippen molar-refractivity contribution in [2.45, 2.75) is 38.8 Å². The van der Waals surface area contributed by atoms with Crippen LogP contribution in [0.2, 0.25) is 0 Å². The second-order valence-electron chi connectivity index (χ2n) is 7.07. The van der Waals surface area contributed by atoms with E-state index in [1.165, 1.54) is 6.20 Å². The quantitative estimate of drug-likeness (QED) is 0.752. The van der Waals surface area contributed by atoms with Crippen molar-refractivity contribution in [3.05, 3.63) is 53.9 Å². The Morgan fingerprint density at radius 3 is 2.72 bits per heavy atom. The Hall–Kier alpha value is -3.16. The summed E-state index contributed by atoms with van der Waals surface area (Å²) in [6, 6.07) is 8.17. The SMILES string of the molecule is CCOC(=O)c1cnn([C@@H]2CCCN(C(=O)[C@@H](C)NC(=O)c3ccccc3)C2)c1. The summed E-state index contributed by atoms with van der Waals surface area (Å²) < 4.78 is 6.72. The number of hydrogen-bond donors (Lipinski definition) is 1. The van der Waals surface area contributed by atoms with Gasteiger partial charge in [0.15, 0.2) is 0 Å². The minimum Gasteiger partial charge on any atom is -0.462 e. The normalized spacial score (nSPS) is 17.4.